The van der Waals surface area contributed by atoms with Crippen molar-refractivity contribution in [3.05, 3.63) is 23.8 Å². The summed E-state index contributed by atoms with van der Waals surface area (Å²) in [5.41, 5.74) is 0.263. The van der Waals surface area contributed by atoms with Gasteiger partial charge in [0.15, 0.2) is 0 Å². The van der Waals surface area contributed by atoms with Gasteiger partial charge in [-0.05, 0) is 18.2 Å². The highest BCUT2D eigenvalue weighted by Gasteiger charge is 2.30. The van der Waals surface area contributed by atoms with E-state index in [-0.39, 0.29) is 29.6 Å². The lowest BCUT2D eigenvalue weighted by Gasteiger charge is -2.17. The van der Waals surface area contributed by atoms with Gasteiger partial charge in [-0.1, -0.05) is 0 Å². The minimum atomic E-state index is -1.13. The number of phenols is 1. The van der Waals surface area contributed by atoms with E-state index in [4.69, 9.17) is 11.5 Å². The Balaban J connectivity index is 2.33. The van der Waals surface area contributed by atoms with Gasteiger partial charge in [0.1, 0.15) is 5.75 Å². The Morgan fingerprint density at radius 1 is 1.50 bits per heavy atom. The van der Waals surface area contributed by atoms with Crippen LogP contribution in [0.3, 0.4) is 0 Å². The number of aromatic carboxylic acids is 1. The number of phenolic OH excluding ortho intramolecular Hbond substituents is 1. The van der Waals surface area contributed by atoms with Crippen molar-refractivity contribution >= 4 is 17.6 Å². The summed E-state index contributed by atoms with van der Waals surface area (Å²) in [5, 5.41) is 18.5. The lowest BCUT2D eigenvalue weighted by molar-refractivity contribution is -0.117. The Kier molecular flexibility index (Phi) is 2.94. The van der Waals surface area contributed by atoms with Gasteiger partial charge >= 0.3 is 5.97 Å². The van der Waals surface area contributed by atoms with Crippen LogP contribution in [0, 0.1) is 18.3 Å². The fourth-order valence-electron chi connectivity index (χ4n) is 1.94. The summed E-state index contributed by atoms with van der Waals surface area (Å²) in [6, 6.07) is 3.87. The molecule has 0 aliphatic carbocycles. The molecule has 2 rings (SSSR count). The maximum Gasteiger partial charge on any atom is 0.335 e. The molecule has 0 aromatic heterocycles. The second kappa shape index (κ2) is 4.41. The molecule has 1 unspecified atom stereocenters. The fourth-order valence-corrected chi connectivity index (χ4v) is 1.94. The molecule has 1 fully saturated rings. The van der Waals surface area contributed by atoms with E-state index in [1.54, 1.807) is 0 Å². The molecule has 1 atom stereocenters. The smallest absolute Gasteiger partial charge is 0.335 e. The van der Waals surface area contributed by atoms with Crippen LogP contribution >= 0.6 is 0 Å². The Morgan fingerprint density at radius 2 is 2.22 bits per heavy atom. The number of aromatic hydroxyl groups is 1. The number of carbonyl (C=O) groups excluding carboxylic acids is 1. The van der Waals surface area contributed by atoms with Crippen molar-refractivity contribution in [3.8, 4) is 18.1 Å². The highest BCUT2D eigenvalue weighted by molar-refractivity contribution is 5.98. The molecule has 92 valence electrons. The molecule has 18 heavy (non-hydrogen) atoms. The summed E-state index contributed by atoms with van der Waals surface area (Å²) in [6.07, 6.45) is 5.52. The third-order valence-corrected chi connectivity index (χ3v) is 2.87. The third-order valence-electron chi connectivity index (χ3n) is 2.87. The molecular formula is C13H11NO4. The minimum Gasteiger partial charge on any atom is -0.506 e. The second-order valence-corrected chi connectivity index (χ2v) is 4.08. The van der Waals surface area contributed by atoms with E-state index >= 15 is 0 Å². The zero-order valence-corrected chi connectivity index (χ0v) is 9.46. The topological polar surface area (TPSA) is 77.8 Å². The molecule has 0 spiro atoms. The van der Waals surface area contributed by atoms with E-state index in [0.717, 1.165) is 6.07 Å². The maximum atomic E-state index is 11.7. The van der Waals surface area contributed by atoms with E-state index in [1.165, 1.54) is 17.0 Å². The van der Waals surface area contributed by atoms with Gasteiger partial charge in [0, 0.05) is 18.9 Å². The van der Waals surface area contributed by atoms with Crippen LogP contribution in [0.2, 0.25) is 0 Å². The Labute approximate surface area is 104 Å². The van der Waals surface area contributed by atoms with Crippen LogP contribution in [0.5, 0.6) is 5.75 Å². The van der Waals surface area contributed by atoms with Crippen LogP contribution in [0.25, 0.3) is 0 Å². The molecule has 5 nitrogen and oxygen atoms in total. The number of amides is 1. The fraction of sp³-hybridized carbons (Fsp3) is 0.231. The first-order valence-electron chi connectivity index (χ1n) is 5.35. The summed E-state index contributed by atoms with van der Waals surface area (Å²) >= 11 is 0. The van der Waals surface area contributed by atoms with Crippen molar-refractivity contribution in [1.29, 1.82) is 0 Å². The van der Waals surface area contributed by atoms with Crippen molar-refractivity contribution in [2.75, 3.05) is 11.4 Å². The van der Waals surface area contributed by atoms with Crippen LogP contribution in [-0.4, -0.2) is 28.6 Å². The minimum absolute atomic E-state index is 0.0311. The van der Waals surface area contributed by atoms with Crippen molar-refractivity contribution in [1.82, 2.24) is 0 Å². The largest absolute Gasteiger partial charge is 0.506 e. The van der Waals surface area contributed by atoms with Gasteiger partial charge < -0.3 is 15.1 Å². The van der Waals surface area contributed by atoms with Gasteiger partial charge in [-0.25, -0.2) is 4.79 Å². The monoisotopic (exact) mass is 245 g/mol. The number of rotatable bonds is 2. The molecule has 0 radical (unpaired) electrons. The normalized spacial score (nSPS) is 18.7. The lowest BCUT2D eigenvalue weighted by atomic mass is 10.1. The lowest BCUT2D eigenvalue weighted by Crippen LogP contribution is -2.24. The summed E-state index contributed by atoms with van der Waals surface area (Å²) in [6.45, 7) is 0.343. The molecule has 1 aliphatic rings. The number of benzene rings is 1. The number of anilines is 1. The van der Waals surface area contributed by atoms with Crippen LogP contribution in [0.4, 0.5) is 5.69 Å². The van der Waals surface area contributed by atoms with Crippen molar-refractivity contribution < 1.29 is 19.8 Å². The molecule has 1 aromatic carbocycles. The first-order valence-corrected chi connectivity index (χ1v) is 5.35. The summed E-state index contributed by atoms with van der Waals surface area (Å²) in [7, 11) is 0. The first-order chi connectivity index (χ1) is 8.52. The van der Waals surface area contributed by atoms with E-state index in [0.29, 0.717) is 12.2 Å². The van der Waals surface area contributed by atoms with Crippen molar-refractivity contribution in [3.63, 3.8) is 0 Å². The van der Waals surface area contributed by atoms with E-state index in [9.17, 15) is 14.7 Å². The zero-order chi connectivity index (χ0) is 13.3. The number of terminal acetylenes is 1. The van der Waals surface area contributed by atoms with Crippen molar-refractivity contribution in [2.45, 2.75) is 6.42 Å². The average molecular weight is 245 g/mol. The number of carbonyl (C=O) groups is 2. The molecule has 0 saturated carbocycles. The quantitative estimate of drug-likeness (QED) is 0.764. The Hall–Kier alpha value is -2.48. The van der Waals surface area contributed by atoms with Gasteiger partial charge in [-0.2, -0.15) is 0 Å². The molecule has 1 aliphatic heterocycles. The average Bonchev–Trinajstić information content (AvgIpc) is 2.70. The molecule has 2 N–H and O–H groups in total. The number of nitrogens with zero attached hydrogens (tertiary/aromatic N) is 1. The summed E-state index contributed by atoms with van der Waals surface area (Å²) < 4.78 is 0. The van der Waals surface area contributed by atoms with Crippen LogP contribution < -0.4 is 4.90 Å². The van der Waals surface area contributed by atoms with E-state index in [1.807, 2.05) is 0 Å². The number of hydrogen-bond donors (Lipinski definition) is 2. The molecule has 0 bridgehead atoms. The summed E-state index contributed by atoms with van der Waals surface area (Å²) in [4.78, 5) is 23.8. The number of carboxylic acids is 1. The highest BCUT2D eigenvalue weighted by atomic mass is 16.4. The van der Waals surface area contributed by atoms with Gasteiger partial charge in [-0.3, -0.25) is 4.79 Å². The first kappa shape index (κ1) is 12.0. The van der Waals surface area contributed by atoms with Gasteiger partial charge in [0.05, 0.1) is 11.3 Å². The standard InChI is InChI=1S/C13H11NO4/c1-2-8-5-12(16)14(7-8)10-4-3-9(13(17)18)6-11(10)15/h1,3-4,6,8,15H,5,7H2,(H,17,18). The molecule has 5 heteroatoms. The Morgan fingerprint density at radius 3 is 2.72 bits per heavy atom. The SMILES string of the molecule is C#CC1CC(=O)N(c2ccc(C(=O)O)cc2O)C1. The van der Waals surface area contributed by atoms with Crippen LogP contribution in [0.1, 0.15) is 16.8 Å². The second-order valence-electron chi connectivity index (χ2n) is 4.08. The van der Waals surface area contributed by atoms with Crippen LogP contribution in [0.15, 0.2) is 18.2 Å². The van der Waals surface area contributed by atoms with Gasteiger partial charge in [0.25, 0.3) is 0 Å². The zero-order valence-electron chi connectivity index (χ0n) is 9.46. The van der Waals surface area contributed by atoms with Gasteiger partial charge in [-0.15, -0.1) is 12.3 Å². The van der Waals surface area contributed by atoms with Crippen LogP contribution in [-0.2, 0) is 4.79 Å². The van der Waals surface area contributed by atoms with Crippen molar-refractivity contribution in [2.24, 2.45) is 5.92 Å². The third kappa shape index (κ3) is 2.00. The van der Waals surface area contributed by atoms with Gasteiger partial charge in [0.2, 0.25) is 5.91 Å². The molecule has 1 aromatic rings. The molecule has 1 amide bonds. The number of hydrogen-bond acceptors (Lipinski definition) is 3. The number of carboxylic acid groups (broad SMARTS) is 1. The summed E-state index contributed by atoms with van der Waals surface area (Å²) in [5.74, 6) is 0.796. The van der Waals surface area contributed by atoms with E-state index in [2.05, 4.69) is 5.92 Å². The molecule has 1 heterocycles. The predicted octanol–water partition coefficient (Wildman–Crippen LogP) is 1.08. The molecular weight excluding hydrogens is 234 g/mol. The highest BCUT2D eigenvalue weighted by Crippen LogP contribution is 2.32. The predicted molar refractivity (Wildman–Crippen MR) is 64.4 cm³/mol. The Bertz CT molecular complexity index is 559. The molecule has 1 saturated heterocycles. The van der Waals surface area contributed by atoms with E-state index < -0.39 is 5.97 Å². The maximum absolute atomic E-state index is 11.7.